The molecule has 0 aromatic carbocycles. The average molecular weight is 330 g/mol. The normalized spacial score (nSPS) is 12.2. The van der Waals surface area contributed by atoms with E-state index in [0.717, 1.165) is 35.6 Å². The van der Waals surface area contributed by atoms with E-state index in [4.69, 9.17) is 4.52 Å². The molecule has 0 aliphatic rings. The number of rotatable bonds is 7. The highest BCUT2D eigenvalue weighted by Gasteiger charge is 2.20. The first kappa shape index (κ1) is 18.0. The maximum atomic E-state index is 12.3. The monoisotopic (exact) mass is 330 g/mol. The Labute approximate surface area is 143 Å². The number of nitrogens with zero attached hydrogens (tertiary/aromatic N) is 2. The quantitative estimate of drug-likeness (QED) is 0.815. The Balaban J connectivity index is 2.01. The summed E-state index contributed by atoms with van der Waals surface area (Å²) in [5.74, 6) is 1.07. The van der Waals surface area contributed by atoms with Gasteiger partial charge in [-0.3, -0.25) is 4.98 Å². The van der Waals surface area contributed by atoms with Gasteiger partial charge in [0, 0.05) is 24.7 Å². The van der Waals surface area contributed by atoms with E-state index in [1.807, 2.05) is 32.0 Å². The van der Waals surface area contributed by atoms with Gasteiger partial charge in [0.15, 0.2) is 0 Å². The predicted molar refractivity (Wildman–Crippen MR) is 92.4 cm³/mol. The molecule has 24 heavy (non-hydrogen) atoms. The summed E-state index contributed by atoms with van der Waals surface area (Å²) in [6.07, 6.45) is 3.28. The maximum Gasteiger partial charge on any atom is 0.315 e. The molecule has 0 saturated carbocycles. The molecule has 1 atom stereocenters. The van der Waals surface area contributed by atoms with Gasteiger partial charge in [0.05, 0.1) is 17.4 Å². The van der Waals surface area contributed by atoms with E-state index in [1.165, 1.54) is 0 Å². The number of urea groups is 1. The molecule has 2 N–H and O–H groups in total. The first-order valence-electron chi connectivity index (χ1n) is 8.48. The van der Waals surface area contributed by atoms with Crippen LogP contribution in [0, 0.1) is 5.92 Å². The molecule has 6 nitrogen and oxygen atoms in total. The first-order valence-corrected chi connectivity index (χ1v) is 8.48. The summed E-state index contributed by atoms with van der Waals surface area (Å²) >= 11 is 0. The minimum atomic E-state index is -0.218. The molecule has 0 bridgehead atoms. The molecular weight excluding hydrogens is 304 g/mol. The molecule has 0 spiro atoms. The summed E-state index contributed by atoms with van der Waals surface area (Å²) in [5.41, 5.74) is 2.74. The van der Waals surface area contributed by atoms with E-state index >= 15 is 0 Å². The van der Waals surface area contributed by atoms with Crippen LogP contribution in [0.4, 0.5) is 4.79 Å². The number of hydrogen-bond acceptors (Lipinski definition) is 4. The fraction of sp³-hybridized carbons (Fsp3) is 0.500. The average Bonchev–Trinajstić information content (AvgIpc) is 3.00. The van der Waals surface area contributed by atoms with Crippen LogP contribution in [0.5, 0.6) is 0 Å². The first-order chi connectivity index (χ1) is 11.6. The lowest BCUT2D eigenvalue weighted by atomic mass is 10.0. The van der Waals surface area contributed by atoms with Gasteiger partial charge in [-0.15, -0.1) is 0 Å². The van der Waals surface area contributed by atoms with E-state index in [0.29, 0.717) is 6.54 Å². The zero-order valence-corrected chi connectivity index (χ0v) is 14.8. The van der Waals surface area contributed by atoms with E-state index in [-0.39, 0.29) is 18.0 Å². The third-order valence-corrected chi connectivity index (χ3v) is 3.99. The minimum Gasteiger partial charge on any atom is -0.361 e. The van der Waals surface area contributed by atoms with Crippen molar-refractivity contribution in [2.75, 3.05) is 0 Å². The maximum absolute atomic E-state index is 12.3. The molecule has 0 unspecified atom stereocenters. The second-order valence-electron chi connectivity index (χ2n) is 6.04. The van der Waals surface area contributed by atoms with Crippen molar-refractivity contribution in [1.29, 1.82) is 0 Å². The lowest BCUT2D eigenvalue weighted by Crippen LogP contribution is -2.39. The Bertz CT molecular complexity index is 631. The Kier molecular flexibility index (Phi) is 6.35. The second-order valence-corrected chi connectivity index (χ2v) is 6.04. The number of aromatic nitrogens is 2. The summed E-state index contributed by atoms with van der Waals surface area (Å²) in [7, 11) is 0. The van der Waals surface area contributed by atoms with Crippen molar-refractivity contribution < 1.29 is 9.32 Å². The van der Waals surface area contributed by atoms with E-state index in [2.05, 4.69) is 34.6 Å². The minimum absolute atomic E-state index is 0.134. The van der Waals surface area contributed by atoms with Crippen molar-refractivity contribution in [3.8, 4) is 0 Å². The van der Waals surface area contributed by atoms with Crippen LogP contribution in [0.2, 0.25) is 0 Å². The number of carbonyl (C=O) groups excluding carboxylic acids is 1. The summed E-state index contributed by atoms with van der Waals surface area (Å²) in [6.45, 7) is 8.57. The topological polar surface area (TPSA) is 80.0 Å². The molecule has 0 aliphatic carbocycles. The van der Waals surface area contributed by atoms with Crippen molar-refractivity contribution in [1.82, 2.24) is 20.8 Å². The fourth-order valence-corrected chi connectivity index (χ4v) is 2.64. The summed E-state index contributed by atoms with van der Waals surface area (Å²) in [4.78, 5) is 16.7. The van der Waals surface area contributed by atoms with Gasteiger partial charge >= 0.3 is 6.03 Å². The van der Waals surface area contributed by atoms with Crippen molar-refractivity contribution in [2.45, 2.75) is 53.1 Å². The number of pyridine rings is 1. The van der Waals surface area contributed by atoms with Gasteiger partial charge in [-0.05, 0) is 24.5 Å². The fourth-order valence-electron chi connectivity index (χ4n) is 2.64. The molecule has 0 aliphatic heterocycles. The molecule has 0 fully saturated rings. The Hall–Kier alpha value is -2.37. The van der Waals surface area contributed by atoms with Crippen LogP contribution in [-0.4, -0.2) is 16.2 Å². The highest BCUT2D eigenvalue weighted by Crippen LogP contribution is 2.19. The van der Waals surface area contributed by atoms with Gasteiger partial charge in [-0.1, -0.05) is 38.9 Å². The van der Waals surface area contributed by atoms with Gasteiger partial charge in [-0.2, -0.15) is 0 Å². The lowest BCUT2D eigenvalue weighted by molar-refractivity contribution is 0.232. The summed E-state index contributed by atoms with van der Waals surface area (Å²) < 4.78 is 5.33. The third-order valence-electron chi connectivity index (χ3n) is 3.99. The highest BCUT2D eigenvalue weighted by atomic mass is 16.5. The Morgan fingerprint density at radius 3 is 2.62 bits per heavy atom. The van der Waals surface area contributed by atoms with Crippen molar-refractivity contribution in [2.24, 2.45) is 5.92 Å². The zero-order chi connectivity index (χ0) is 17.5. The Morgan fingerprint density at radius 1 is 1.25 bits per heavy atom. The van der Waals surface area contributed by atoms with Gasteiger partial charge in [0.2, 0.25) is 0 Å². The van der Waals surface area contributed by atoms with Crippen LogP contribution in [-0.2, 0) is 19.4 Å². The Morgan fingerprint density at radius 2 is 2.04 bits per heavy atom. The number of aryl methyl sites for hydroxylation is 2. The molecule has 2 amide bonds. The number of carbonyl (C=O) groups is 1. The van der Waals surface area contributed by atoms with Crippen molar-refractivity contribution in [3.63, 3.8) is 0 Å². The number of hydrogen-bond donors (Lipinski definition) is 2. The largest absolute Gasteiger partial charge is 0.361 e. The number of amides is 2. The van der Waals surface area contributed by atoms with Crippen LogP contribution in [0.25, 0.3) is 0 Å². The van der Waals surface area contributed by atoms with Gasteiger partial charge in [-0.25, -0.2) is 4.79 Å². The van der Waals surface area contributed by atoms with Crippen molar-refractivity contribution in [3.05, 3.63) is 47.1 Å². The molecule has 130 valence electrons. The van der Waals surface area contributed by atoms with E-state index in [1.54, 1.807) is 6.20 Å². The van der Waals surface area contributed by atoms with Crippen LogP contribution in [0.3, 0.4) is 0 Å². The molecule has 0 radical (unpaired) electrons. The lowest BCUT2D eigenvalue weighted by Gasteiger charge is -2.22. The molecule has 0 saturated heterocycles. The standard InChI is InChI=1S/C18H26N4O2/c1-5-14-13(16(6-2)24-22-14)11-20-18(23)21-17(12(3)4)15-9-7-8-10-19-15/h7-10,12,17H,5-6,11H2,1-4H3,(H2,20,21,23)/t17-/m1/s1. The highest BCUT2D eigenvalue weighted by molar-refractivity contribution is 5.74. The molecule has 2 heterocycles. The van der Waals surface area contributed by atoms with E-state index in [9.17, 15) is 4.79 Å². The second kappa shape index (κ2) is 8.47. The molecular formula is C18H26N4O2. The SMILES string of the molecule is CCc1noc(CC)c1CNC(=O)N[C@@H](c1ccccn1)C(C)C. The van der Waals surface area contributed by atoms with Gasteiger partial charge in [0.25, 0.3) is 0 Å². The third kappa shape index (κ3) is 4.34. The van der Waals surface area contributed by atoms with Crippen LogP contribution in [0.15, 0.2) is 28.9 Å². The number of nitrogens with one attached hydrogen (secondary N) is 2. The molecule has 2 rings (SSSR count). The van der Waals surface area contributed by atoms with Gasteiger partial charge < -0.3 is 15.2 Å². The molecule has 6 heteroatoms. The van der Waals surface area contributed by atoms with Crippen LogP contribution < -0.4 is 10.6 Å². The van der Waals surface area contributed by atoms with E-state index < -0.39 is 0 Å². The van der Waals surface area contributed by atoms with Crippen molar-refractivity contribution >= 4 is 6.03 Å². The molecule has 2 aromatic rings. The smallest absolute Gasteiger partial charge is 0.315 e. The summed E-state index contributed by atoms with van der Waals surface area (Å²) in [6, 6.07) is 5.37. The van der Waals surface area contributed by atoms with Crippen LogP contribution in [0.1, 0.15) is 56.4 Å². The van der Waals surface area contributed by atoms with Gasteiger partial charge in [0.1, 0.15) is 5.76 Å². The summed E-state index contributed by atoms with van der Waals surface area (Å²) in [5, 5.41) is 9.98. The molecule has 2 aromatic heterocycles. The zero-order valence-electron chi connectivity index (χ0n) is 14.8. The van der Waals surface area contributed by atoms with Crippen LogP contribution >= 0.6 is 0 Å². The predicted octanol–water partition coefficient (Wildman–Crippen LogP) is 3.39.